The first-order valence-corrected chi connectivity index (χ1v) is 9.00. The second kappa shape index (κ2) is 6.19. The van der Waals surface area contributed by atoms with Crippen LogP contribution in [0.2, 0.25) is 0 Å². The number of aromatic nitrogens is 2. The largest absolute Gasteiger partial charge is 0.383 e. The Morgan fingerprint density at radius 2 is 2.08 bits per heavy atom. The first-order chi connectivity index (χ1) is 11.5. The van der Waals surface area contributed by atoms with E-state index < -0.39 is 11.5 Å². The molecule has 0 bridgehead atoms. The fourth-order valence-corrected chi connectivity index (χ4v) is 3.38. The predicted molar refractivity (Wildman–Crippen MR) is 97.3 cm³/mol. The molecule has 0 aromatic carbocycles. The quantitative estimate of drug-likeness (QED) is 0.765. The zero-order chi connectivity index (χ0) is 18.6. The average molecular weight is 414 g/mol. The summed E-state index contributed by atoms with van der Waals surface area (Å²) in [5.41, 5.74) is 5.97. The highest BCUT2D eigenvalue weighted by Crippen LogP contribution is 2.43. The number of ether oxygens (including phenoxy) is 3. The molecule has 1 saturated heterocycles. The molecule has 1 aliphatic heterocycles. The maximum atomic E-state index is 12.3. The van der Waals surface area contributed by atoms with Gasteiger partial charge >= 0.3 is 5.69 Å². The summed E-state index contributed by atoms with van der Waals surface area (Å²) in [6, 6.07) is -0.331. The van der Waals surface area contributed by atoms with Gasteiger partial charge in [0.25, 0.3) is 0 Å². The molecule has 0 radical (unpaired) electrons. The zero-order valence-electron chi connectivity index (χ0n) is 15.1. The van der Waals surface area contributed by atoms with Gasteiger partial charge in [0.15, 0.2) is 5.79 Å². The van der Waals surface area contributed by atoms with Crippen molar-refractivity contribution >= 4 is 21.7 Å². The van der Waals surface area contributed by atoms with Crippen LogP contribution in [0.15, 0.2) is 27.1 Å². The van der Waals surface area contributed by atoms with Gasteiger partial charge in [0, 0.05) is 6.20 Å². The van der Waals surface area contributed by atoms with Crippen LogP contribution >= 0.6 is 15.9 Å². The smallest absolute Gasteiger partial charge is 0.350 e. The molecule has 1 aromatic rings. The zero-order valence-corrected chi connectivity index (χ0v) is 16.7. The third-order valence-corrected chi connectivity index (χ3v) is 4.75. The van der Waals surface area contributed by atoms with E-state index in [1.165, 1.54) is 4.57 Å². The van der Waals surface area contributed by atoms with Gasteiger partial charge in [0.1, 0.15) is 18.0 Å². The van der Waals surface area contributed by atoms with Crippen LogP contribution in [0.4, 0.5) is 5.82 Å². The summed E-state index contributed by atoms with van der Waals surface area (Å²) >= 11 is 3.33. The van der Waals surface area contributed by atoms with Crippen LogP contribution < -0.4 is 11.4 Å². The minimum absolute atomic E-state index is 0.167. The van der Waals surface area contributed by atoms with E-state index in [1.807, 2.05) is 40.7 Å². The lowest BCUT2D eigenvalue weighted by Gasteiger charge is -2.23. The molecule has 2 aliphatic rings. The third kappa shape index (κ3) is 3.81. The molecule has 138 valence electrons. The van der Waals surface area contributed by atoms with E-state index in [4.69, 9.17) is 19.9 Å². The van der Waals surface area contributed by atoms with Crippen molar-refractivity contribution in [3.8, 4) is 0 Å². The van der Waals surface area contributed by atoms with E-state index in [2.05, 4.69) is 20.9 Å². The Morgan fingerprint density at radius 1 is 1.40 bits per heavy atom. The van der Waals surface area contributed by atoms with Crippen molar-refractivity contribution in [2.45, 2.75) is 64.3 Å². The molecular formula is C17H24BrN3O4. The molecule has 0 saturated carbocycles. The van der Waals surface area contributed by atoms with E-state index in [9.17, 15) is 4.79 Å². The molecule has 7 nitrogen and oxygen atoms in total. The minimum Gasteiger partial charge on any atom is -0.383 e. The van der Waals surface area contributed by atoms with Crippen LogP contribution in [0, 0.1) is 0 Å². The summed E-state index contributed by atoms with van der Waals surface area (Å²) in [6.07, 6.45) is 3.04. The highest BCUT2D eigenvalue weighted by atomic mass is 79.9. The van der Waals surface area contributed by atoms with Gasteiger partial charge in [-0.3, -0.25) is 4.57 Å². The highest BCUT2D eigenvalue weighted by Gasteiger charge is 2.51. The Morgan fingerprint density at radius 3 is 2.72 bits per heavy atom. The number of anilines is 1. The normalized spacial score (nSPS) is 28.1. The Kier molecular flexibility index (Phi) is 4.60. The second-order valence-corrected chi connectivity index (χ2v) is 8.67. The Hall–Kier alpha value is -1.22. The van der Waals surface area contributed by atoms with Gasteiger partial charge in [0.05, 0.1) is 22.7 Å². The molecule has 0 unspecified atom stereocenters. The van der Waals surface area contributed by atoms with Crippen LogP contribution in [0.3, 0.4) is 0 Å². The van der Waals surface area contributed by atoms with Gasteiger partial charge in [0.2, 0.25) is 0 Å². The average Bonchev–Trinajstić information content (AvgIpc) is 2.93. The SMILES string of the molecule is CC(C)(C)OCC1=C[C@@H](n2cc(Br)c(N)nc2=O)[C@@H]2OC(C)(C)O[C@H]12. The fraction of sp³-hybridized carbons (Fsp3) is 0.647. The minimum atomic E-state index is -0.725. The maximum Gasteiger partial charge on any atom is 0.350 e. The number of fused-ring (bicyclic) bond motifs is 1. The standard InChI is InChI=1S/C17H24BrN3O4/c1-16(2,3)23-8-9-6-11(13-12(9)24-17(4,5)25-13)21-7-10(18)14(19)20-15(21)22/h6-7,11-13H,8H2,1-5H3,(H2,19,20,22)/t11-,12-,13+/m1/s1. The van der Waals surface area contributed by atoms with Crippen molar-refractivity contribution in [2.75, 3.05) is 12.3 Å². The lowest BCUT2D eigenvalue weighted by Crippen LogP contribution is -2.35. The van der Waals surface area contributed by atoms with Crippen molar-refractivity contribution in [3.05, 3.63) is 32.8 Å². The van der Waals surface area contributed by atoms with Crippen LogP contribution in [0.5, 0.6) is 0 Å². The van der Waals surface area contributed by atoms with Gasteiger partial charge < -0.3 is 19.9 Å². The Bertz CT molecular complexity index is 766. The topological polar surface area (TPSA) is 88.6 Å². The van der Waals surface area contributed by atoms with Gasteiger partial charge in [-0.25, -0.2) is 4.79 Å². The summed E-state index contributed by atoms with van der Waals surface area (Å²) in [5, 5.41) is 0. The van der Waals surface area contributed by atoms with Gasteiger partial charge in [-0.15, -0.1) is 0 Å². The molecular weight excluding hydrogens is 390 g/mol. The predicted octanol–water partition coefficient (Wildman–Crippen LogP) is 2.40. The number of hydrogen-bond acceptors (Lipinski definition) is 6. The van der Waals surface area contributed by atoms with E-state index >= 15 is 0 Å². The summed E-state index contributed by atoms with van der Waals surface area (Å²) in [6.45, 7) is 10.1. The van der Waals surface area contributed by atoms with Crippen LogP contribution in [-0.4, -0.2) is 39.8 Å². The number of hydrogen-bond donors (Lipinski definition) is 1. The van der Waals surface area contributed by atoms with Crippen LogP contribution in [-0.2, 0) is 14.2 Å². The number of nitrogens with zero attached hydrogens (tertiary/aromatic N) is 2. The molecule has 2 N–H and O–H groups in total. The summed E-state index contributed by atoms with van der Waals surface area (Å²) < 4.78 is 20.1. The van der Waals surface area contributed by atoms with Crippen molar-refractivity contribution in [2.24, 2.45) is 0 Å². The van der Waals surface area contributed by atoms with Crippen molar-refractivity contribution in [1.29, 1.82) is 0 Å². The lowest BCUT2D eigenvalue weighted by molar-refractivity contribution is -0.148. The molecule has 0 amide bonds. The van der Waals surface area contributed by atoms with Crippen molar-refractivity contribution in [3.63, 3.8) is 0 Å². The third-order valence-electron chi connectivity index (χ3n) is 4.14. The van der Waals surface area contributed by atoms with E-state index in [0.717, 1.165) is 5.57 Å². The number of nitrogens with two attached hydrogens (primary N) is 1. The monoisotopic (exact) mass is 413 g/mol. The first kappa shape index (κ1) is 18.6. The van der Waals surface area contributed by atoms with Gasteiger partial charge in [-0.1, -0.05) is 6.08 Å². The van der Waals surface area contributed by atoms with Crippen molar-refractivity contribution < 1.29 is 14.2 Å². The van der Waals surface area contributed by atoms with Crippen LogP contribution in [0.1, 0.15) is 40.7 Å². The highest BCUT2D eigenvalue weighted by molar-refractivity contribution is 9.10. The molecule has 1 aliphatic carbocycles. The Balaban J connectivity index is 1.96. The number of nitrogen functional groups attached to an aromatic ring is 1. The summed E-state index contributed by atoms with van der Waals surface area (Å²) in [4.78, 5) is 16.2. The molecule has 3 atom stereocenters. The van der Waals surface area contributed by atoms with E-state index in [-0.39, 0.29) is 29.7 Å². The molecule has 3 rings (SSSR count). The summed E-state index contributed by atoms with van der Waals surface area (Å²) in [7, 11) is 0. The number of halogens is 1. The van der Waals surface area contributed by atoms with E-state index in [1.54, 1.807) is 6.20 Å². The molecule has 1 fully saturated rings. The second-order valence-electron chi connectivity index (χ2n) is 7.82. The van der Waals surface area contributed by atoms with Crippen molar-refractivity contribution in [1.82, 2.24) is 9.55 Å². The van der Waals surface area contributed by atoms with Crippen LogP contribution in [0.25, 0.3) is 0 Å². The first-order valence-electron chi connectivity index (χ1n) is 8.21. The lowest BCUT2D eigenvalue weighted by atomic mass is 10.1. The number of rotatable bonds is 3. The van der Waals surface area contributed by atoms with E-state index in [0.29, 0.717) is 11.1 Å². The molecule has 8 heteroatoms. The molecule has 2 heterocycles. The van der Waals surface area contributed by atoms with Gasteiger partial charge in [-0.05, 0) is 56.1 Å². The molecule has 0 spiro atoms. The Labute approximate surface area is 155 Å². The molecule has 25 heavy (non-hydrogen) atoms. The van der Waals surface area contributed by atoms with Gasteiger partial charge in [-0.2, -0.15) is 4.98 Å². The summed E-state index contributed by atoms with van der Waals surface area (Å²) in [5.74, 6) is -0.559. The maximum absolute atomic E-state index is 12.3. The fourth-order valence-electron chi connectivity index (χ4n) is 3.07. The molecule has 1 aromatic heterocycles.